The molecular weight excluding hydrogens is 354 g/mol. The van der Waals surface area contributed by atoms with Crippen LogP contribution in [0.1, 0.15) is 10.4 Å². The molecule has 0 unspecified atom stereocenters. The Morgan fingerprint density at radius 3 is 2.19 bits per heavy atom. The van der Waals surface area contributed by atoms with Gasteiger partial charge in [-0.25, -0.2) is 13.1 Å². The van der Waals surface area contributed by atoms with Gasteiger partial charge < -0.3 is 15.0 Å². The number of hydrogen-bond acceptors (Lipinski definition) is 5. The number of carbonyl (C=O) groups excluding carboxylic acids is 1. The summed E-state index contributed by atoms with van der Waals surface area (Å²) in [6, 6.07) is 13.2. The van der Waals surface area contributed by atoms with Crippen molar-refractivity contribution in [2.75, 3.05) is 44.6 Å². The van der Waals surface area contributed by atoms with E-state index in [-0.39, 0.29) is 24.0 Å². The number of methoxy groups -OCH3 is 1. The van der Waals surface area contributed by atoms with Crippen LogP contribution in [0, 0.1) is 0 Å². The average molecular weight is 377 g/mol. The van der Waals surface area contributed by atoms with Crippen LogP contribution >= 0.6 is 0 Å². The lowest BCUT2D eigenvalue weighted by atomic mass is 10.2. The molecule has 0 fully saturated rings. The molecule has 0 spiro atoms. The number of nitrogens with one attached hydrogen (secondary N) is 2. The van der Waals surface area contributed by atoms with Crippen LogP contribution in [-0.2, 0) is 14.8 Å². The first-order chi connectivity index (χ1) is 12.3. The third kappa shape index (κ3) is 5.29. The van der Waals surface area contributed by atoms with Crippen molar-refractivity contribution in [2.24, 2.45) is 0 Å². The summed E-state index contributed by atoms with van der Waals surface area (Å²) < 4.78 is 31.4. The number of amides is 1. The van der Waals surface area contributed by atoms with Crippen LogP contribution in [0.25, 0.3) is 0 Å². The van der Waals surface area contributed by atoms with Crippen molar-refractivity contribution in [1.82, 2.24) is 4.72 Å². The molecule has 0 aromatic heterocycles. The smallest absolute Gasteiger partial charge is 0.255 e. The first kappa shape index (κ1) is 19.9. The summed E-state index contributed by atoms with van der Waals surface area (Å²) >= 11 is 0. The molecule has 0 radical (unpaired) electrons. The van der Waals surface area contributed by atoms with Crippen LogP contribution in [0.3, 0.4) is 0 Å². The summed E-state index contributed by atoms with van der Waals surface area (Å²) in [6.45, 7) is 0.469. The second-order valence-electron chi connectivity index (χ2n) is 5.81. The van der Waals surface area contributed by atoms with Crippen LogP contribution in [0.15, 0.2) is 53.4 Å². The van der Waals surface area contributed by atoms with Gasteiger partial charge in [-0.15, -0.1) is 0 Å². The van der Waals surface area contributed by atoms with Crippen LogP contribution < -0.4 is 14.9 Å². The van der Waals surface area contributed by atoms with Gasteiger partial charge in [0.25, 0.3) is 5.91 Å². The van der Waals surface area contributed by atoms with Crippen molar-refractivity contribution in [3.05, 3.63) is 54.1 Å². The molecule has 1 amide bonds. The highest BCUT2D eigenvalue weighted by molar-refractivity contribution is 7.89. The Labute approximate surface area is 154 Å². The van der Waals surface area contributed by atoms with E-state index in [9.17, 15) is 13.2 Å². The maximum atomic E-state index is 12.3. The zero-order valence-corrected chi connectivity index (χ0v) is 15.8. The molecule has 2 aromatic carbocycles. The van der Waals surface area contributed by atoms with Crippen molar-refractivity contribution in [1.29, 1.82) is 0 Å². The number of nitrogens with zero attached hydrogens (tertiary/aromatic N) is 1. The van der Waals surface area contributed by atoms with E-state index in [0.717, 1.165) is 5.69 Å². The molecule has 2 rings (SSSR count). The third-order valence-electron chi connectivity index (χ3n) is 3.67. The Bertz CT molecular complexity index is 832. The van der Waals surface area contributed by atoms with E-state index < -0.39 is 10.0 Å². The first-order valence-electron chi connectivity index (χ1n) is 8.01. The molecule has 0 atom stereocenters. The zero-order chi connectivity index (χ0) is 19.2. The van der Waals surface area contributed by atoms with E-state index in [1.165, 1.54) is 31.4 Å². The number of hydrogen-bond donors (Lipinski definition) is 2. The Morgan fingerprint density at radius 2 is 1.65 bits per heavy atom. The summed E-state index contributed by atoms with van der Waals surface area (Å²) in [5.74, 6) is -0.307. The second kappa shape index (κ2) is 8.79. The molecule has 0 heterocycles. The average Bonchev–Trinajstić information content (AvgIpc) is 2.62. The lowest BCUT2D eigenvalue weighted by Crippen LogP contribution is -2.27. The van der Waals surface area contributed by atoms with Gasteiger partial charge in [0.15, 0.2) is 0 Å². The van der Waals surface area contributed by atoms with Crippen molar-refractivity contribution < 1.29 is 17.9 Å². The lowest BCUT2D eigenvalue weighted by molar-refractivity contribution is 0.102. The maximum absolute atomic E-state index is 12.3. The number of anilines is 2. The minimum Gasteiger partial charge on any atom is -0.383 e. The molecule has 0 bridgehead atoms. The maximum Gasteiger partial charge on any atom is 0.255 e. The number of sulfonamides is 1. The Morgan fingerprint density at radius 1 is 1.04 bits per heavy atom. The highest BCUT2D eigenvalue weighted by atomic mass is 32.2. The molecule has 8 heteroatoms. The Kier molecular flexibility index (Phi) is 6.73. The van der Waals surface area contributed by atoms with Crippen molar-refractivity contribution >= 4 is 27.3 Å². The fourth-order valence-corrected chi connectivity index (χ4v) is 3.21. The number of ether oxygens (including phenoxy) is 1. The highest BCUT2D eigenvalue weighted by Crippen LogP contribution is 2.17. The zero-order valence-electron chi connectivity index (χ0n) is 15.0. The van der Waals surface area contributed by atoms with Gasteiger partial charge in [0.2, 0.25) is 10.0 Å². The van der Waals surface area contributed by atoms with E-state index >= 15 is 0 Å². The standard InChI is InChI=1S/C18H23N3O4S/c1-21(2)16-8-6-15(7-9-16)20-18(22)14-4-10-17(11-5-14)26(23,24)19-12-13-25-3/h4-11,19H,12-13H2,1-3H3,(H,20,22). The van der Waals surface area contributed by atoms with E-state index in [1.54, 1.807) is 0 Å². The van der Waals surface area contributed by atoms with Gasteiger partial charge in [-0.3, -0.25) is 4.79 Å². The van der Waals surface area contributed by atoms with E-state index in [1.807, 2.05) is 43.3 Å². The topological polar surface area (TPSA) is 87.7 Å². The van der Waals surface area contributed by atoms with Crippen LogP contribution in [0.4, 0.5) is 11.4 Å². The molecular formula is C18H23N3O4S. The predicted molar refractivity (Wildman–Crippen MR) is 102 cm³/mol. The van der Waals surface area contributed by atoms with Crippen LogP contribution in [0.2, 0.25) is 0 Å². The monoisotopic (exact) mass is 377 g/mol. The third-order valence-corrected chi connectivity index (χ3v) is 5.14. The van der Waals surface area contributed by atoms with Gasteiger partial charge >= 0.3 is 0 Å². The van der Waals surface area contributed by atoms with Gasteiger partial charge in [-0.1, -0.05) is 0 Å². The van der Waals surface area contributed by atoms with Gasteiger partial charge in [0.05, 0.1) is 11.5 Å². The largest absolute Gasteiger partial charge is 0.383 e. The molecule has 26 heavy (non-hydrogen) atoms. The van der Waals surface area contributed by atoms with E-state index in [2.05, 4.69) is 10.0 Å². The molecule has 0 aliphatic carbocycles. The Balaban J connectivity index is 2.04. The SMILES string of the molecule is COCCNS(=O)(=O)c1ccc(C(=O)Nc2ccc(N(C)C)cc2)cc1. The number of rotatable bonds is 8. The van der Waals surface area contributed by atoms with Gasteiger partial charge in [0.1, 0.15) is 0 Å². The first-order valence-corrected chi connectivity index (χ1v) is 9.49. The fraction of sp³-hybridized carbons (Fsp3) is 0.278. The molecule has 0 saturated carbocycles. The number of carbonyl (C=O) groups is 1. The van der Waals surface area contributed by atoms with Gasteiger partial charge in [-0.2, -0.15) is 0 Å². The predicted octanol–water partition coefficient (Wildman–Crippen LogP) is 1.93. The number of benzene rings is 2. The summed E-state index contributed by atoms with van der Waals surface area (Å²) in [5, 5.41) is 2.79. The fourth-order valence-electron chi connectivity index (χ4n) is 2.19. The molecule has 2 aromatic rings. The Hall–Kier alpha value is -2.42. The van der Waals surface area contributed by atoms with E-state index in [4.69, 9.17) is 4.74 Å². The molecule has 0 saturated heterocycles. The summed E-state index contributed by atoms with van der Waals surface area (Å²) in [4.78, 5) is 14.4. The van der Waals surface area contributed by atoms with Crippen molar-refractivity contribution in [3.63, 3.8) is 0 Å². The molecule has 0 aliphatic heterocycles. The highest BCUT2D eigenvalue weighted by Gasteiger charge is 2.14. The minimum absolute atomic E-state index is 0.0977. The van der Waals surface area contributed by atoms with Gasteiger partial charge in [0, 0.05) is 44.7 Å². The van der Waals surface area contributed by atoms with E-state index in [0.29, 0.717) is 11.3 Å². The van der Waals surface area contributed by atoms with Crippen molar-refractivity contribution in [3.8, 4) is 0 Å². The molecule has 7 nitrogen and oxygen atoms in total. The van der Waals surface area contributed by atoms with Crippen LogP contribution in [-0.4, -0.2) is 48.7 Å². The summed E-state index contributed by atoms with van der Waals surface area (Å²) in [7, 11) is 1.76. The van der Waals surface area contributed by atoms with Crippen LogP contribution in [0.5, 0.6) is 0 Å². The summed E-state index contributed by atoms with van der Waals surface area (Å²) in [6.07, 6.45) is 0. The molecule has 140 valence electrons. The summed E-state index contributed by atoms with van der Waals surface area (Å²) in [5.41, 5.74) is 2.06. The van der Waals surface area contributed by atoms with Crippen molar-refractivity contribution in [2.45, 2.75) is 4.90 Å². The second-order valence-corrected chi connectivity index (χ2v) is 7.58. The van der Waals surface area contributed by atoms with Gasteiger partial charge in [-0.05, 0) is 48.5 Å². The normalized spacial score (nSPS) is 11.2. The molecule has 0 aliphatic rings. The minimum atomic E-state index is -3.61. The molecule has 2 N–H and O–H groups in total. The quantitative estimate of drug-likeness (QED) is 0.687. The lowest BCUT2D eigenvalue weighted by Gasteiger charge is -2.13.